The summed E-state index contributed by atoms with van der Waals surface area (Å²) >= 11 is 3.46. The van der Waals surface area contributed by atoms with Gasteiger partial charge in [-0.2, -0.15) is 0 Å². The molecule has 1 aliphatic rings. The molecule has 20 heavy (non-hydrogen) atoms. The van der Waals surface area contributed by atoms with Gasteiger partial charge in [0.05, 0.1) is 6.10 Å². The molecule has 1 aliphatic heterocycles. The minimum atomic E-state index is -0.495. The van der Waals surface area contributed by atoms with Crippen LogP contribution in [0, 0.1) is 0 Å². The molecule has 112 valence electrons. The number of aliphatic hydroxyl groups is 1. The van der Waals surface area contributed by atoms with Gasteiger partial charge in [-0.25, -0.2) is 0 Å². The zero-order valence-corrected chi connectivity index (χ0v) is 13.6. The van der Waals surface area contributed by atoms with Crippen LogP contribution >= 0.6 is 15.9 Å². The number of carbonyl (C=O) groups is 1. The van der Waals surface area contributed by atoms with E-state index in [-0.39, 0.29) is 5.91 Å². The van der Waals surface area contributed by atoms with Crippen LogP contribution in [0.1, 0.15) is 18.5 Å². The Bertz CT molecular complexity index is 475. The van der Waals surface area contributed by atoms with Crippen molar-refractivity contribution in [2.75, 3.05) is 26.7 Å². The normalized spacial score (nSPS) is 17.2. The lowest BCUT2D eigenvalue weighted by Gasteiger charge is -2.24. The topological polar surface area (TPSA) is 48.7 Å². The van der Waals surface area contributed by atoms with Crippen LogP contribution in [0.15, 0.2) is 16.7 Å². The maximum atomic E-state index is 11.5. The molecule has 0 radical (unpaired) electrons. The van der Waals surface area contributed by atoms with Crippen LogP contribution in [0.5, 0.6) is 0 Å². The molecule has 0 aliphatic carbocycles. The van der Waals surface area contributed by atoms with Gasteiger partial charge in [0, 0.05) is 56.0 Å². The SMILES string of the molecule is CN(Cc1cc(Br)cn1C)CC(O)CN1CCCC1=O. The molecule has 0 aromatic carbocycles. The Kier molecular flexibility index (Phi) is 5.23. The van der Waals surface area contributed by atoms with Crippen molar-refractivity contribution < 1.29 is 9.90 Å². The molecule has 2 rings (SSSR count). The molecule has 0 spiro atoms. The molecule has 6 heteroatoms. The van der Waals surface area contributed by atoms with Crippen molar-refractivity contribution in [1.82, 2.24) is 14.4 Å². The van der Waals surface area contributed by atoms with Gasteiger partial charge >= 0.3 is 0 Å². The third kappa shape index (κ3) is 4.07. The van der Waals surface area contributed by atoms with Crippen molar-refractivity contribution in [3.63, 3.8) is 0 Å². The average molecular weight is 344 g/mol. The molecule has 1 unspecified atom stereocenters. The van der Waals surface area contributed by atoms with Crippen LogP contribution in [0.4, 0.5) is 0 Å². The van der Waals surface area contributed by atoms with Gasteiger partial charge in [0.2, 0.25) is 5.91 Å². The number of nitrogens with zero attached hydrogens (tertiary/aromatic N) is 3. The molecule has 1 amide bonds. The minimum Gasteiger partial charge on any atom is -0.390 e. The molecule has 0 bridgehead atoms. The fraction of sp³-hybridized carbons (Fsp3) is 0.643. The van der Waals surface area contributed by atoms with Gasteiger partial charge < -0.3 is 14.6 Å². The van der Waals surface area contributed by atoms with E-state index < -0.39 is 6.10 Å². The third-order valence-corrected chi connectivity index (χ3v) is 4.07. The summed E-state index contributed by atoms with van der Waals surface area (Å²) in [6, 6.07) is 2.08. The summed E-state index contributed by atoms with van der Waals surface area (Å²) in [6.07, 6.45) is 3.06. The highest BCUT2D eigenvalue weighted by molar-refractivity contribution is 9.10. The number of aliphatic hydroxyl groups excluding tert-OH is 1. The number of likely N-dealkylation sites (N-methyl/N-ethyl adjacent to an activating group) is 1. The monoisotopic (exact) mass is 343 g/mol. The number of aryl methyl sites for hydroxylation is 1. The predicted octanol–water partition coefficient (Wildman–Crippen LogP) is 1.20. The molecule has 1 saturated heterocycles. The first-order chi connectivity index (χ1) is 9.45. The number of rotatable bonds is 6. The van der Waals surface area contributed by atoms with Crippen LogP contribution in [0.2, 0.25) is 0 Å². The molecule has 0 saturated carbocycles. The quantitative estimate of drug-likeness (QED) is 0.844. The lowest BCUT2D eigenvalue weighted by Crippen LogP contribution is -2.39. The van der Waals surface area contributed by atoms with E-state index >= 15 is 0 Å². The van der Waals surface area contributed by atoms with Crippen molar-refractivity contribution in [3.05, 3.63) is 22.4 Å². The summed E-state index contributed by atoms with van der Waals surface area (Å²) in [4.78, 5) is 15.4. The number of halogens is 1. The lowest BCUT2D eigenvalue weighted by molar-refractivity contribution is -0.129. The largest absolute Gasteiger partial charge is 0.390 e. The number of hydrogen-bond donors (Lipinski definition) is 1. The van der Waals surface area contributed by atoms with Crippen molar-refractivity contribution >= 4 is 21.8 Å². The first-order valence-electron chi connectivity index (χ1n) is 6.91. The van der Waals surface area contributed by atoms with Gasteiger partial charge in [-0.05, 0) is 35.5 Å². The molecule has 1 aromatic heterocycles. The molecule has 1 N–H and O–H groups in total. The molecule has 1 aromatic rings. The van der Waals surface area contributed by atoms with E-state index in [1.165, 1.54) is 5.69 Å². The van der Waals surface area contributed by atoms with E-state index in [1.807, 2.05) is 20.3 Å². The van der Waals surface area contributed by atoms with E-state index in [2.05, 4.69) is 31.5 Å². The van der Waals surface area contributed by atoms with Crippen LogP contribution in [0.25, 0.3) is 0 Å². The summed E-state index contributed by atoms with van der Waals surface area (Å²) in [6.45, 7) is 2.56. The van der Waals surface area contributed by atoms with Gasteiger partial charge in [-0.3, -0.25) is 9.69 Å². The lowest BCUT2D eigenvalue weighted by atomic mass is 10.3. The Morgan fingerprint density at radius 2 is 2.30 bits per heavy atom. The molecule has 1 atom stereocenters. The second-order valence-corrected chi connectivity index (χ2v) is 6.47. The third-order valence-electron chi connectivity index (χ3n) is 3.63. The van der Waals surface area contributed by atoms with Crippen molar-refractivity contribution in [3.8, 4) is 0 Å². The zero-order chi connectivity index (χ0) is 14.7. The van der Waals surface area contributed by atoms with Gasteiger partial charge in [0.1, 0.15) is 0 Å². The summed E-state index contributed by atoms with van der Waals surface area (Å²) in [7, 11) is 3.99. The summed E-state index contributed by atoms with van der Waals surface area (Å²) in [5.74, 6) is 0.165. The highest BCUT2D eigenvalue weighted by Gasteiger charge is 2.23. The molecular weight excluding hydrogens is 322 g/mol. The highest BCUT2D eigenvalue weighted by Crippen LogP contribution is 2.15. The Morgan fingerprint density at radius 3 is 2.85 bits per heavy atom. The van der Waals surface area contributed by atoms with E-state index in [0.29, 0.717) is 19.5 Å². The van der Waals surface area contributed by atoms with Crippen molar-refractivity contribution in [2.24, 2.45) is 7.05 Å². The predicted molar refractivity (Wildman–Crippen MR) is 81.3 cm³/mol. The maximum Gasteiger partial charge on any atom is 0.222 e. The second kappa shape index (κ2) is 6.74. The van der Waals surface area contributed by atoms with Crippen LogP contribution < -0.4 is 0 Å². The Morgan fingerprint density at radius 1 is 1.55 bits per heavy atom. The van der Waals surface area contributed by atoms with Crippen LogP contribution in [-0.4, -0.2) is 58.2 Å². The van der Waals surface area contributed by atoms with Crippen molar-refractivity contribution in [2.45, 2.75) is 25.5 Å². The van der Waals surface area contributed by atoms with E-state index in [0.717, 1.165) is 24.0 Å². The summed E-state index contributed by atoms with van der Waals surface area (Å²) < 4.78 is 3.13. The summed E-state index contributed by atoms with van der Waals surface area (Å²) in [5, 5.41) is 10.1. The highest BCUT2D eigenvalue weighted by atomic mass is 79.9. The van der Waals surface area contributed by atoms with E-state index in [1.54, 1.807) is 4.90 Å². The minimum absolute atomic E-state index is 0.165. The number of aromatic nitrogens is 1. The van der Waals surface area contributed by atoms with E-state index in [4.69, 9.17) is 0 Å². The number of carbonyl (C=O) groups excluding carboxylic acids is 1. The smallest absolute Gasteiger partial charge is 0.222 e. The number of hydrogen-bond acceptors (Lipinski definition) is 3. The van der Waals surface area contributed by atoms with Crippen molar-refractivity contribution in [1.29, 1.82) is 0 Å². The van der Waals surface area contributed by atoms with Crippen LogP contribution in [-0.2, 0) is 18.4 Å². The Labute approximate surface area is 128 Å². The molecule has 2 heterocycles. The standard InChI is InChI=1S/C14H22BrN3O2/c1-16(8-12-6-11(15)7-17(12)2)9-13(19)10-18-5-3-4-14(18)20/h6-7,13,19H,3-5,8-10H2,1-2H3. The first-order valence-corrected chi connectivity index (χ1v) is 7.70. The fourth-order valence-electron chi connectivity index (χ4n) is 2.63. The number of likely N-dealkylation sites (tertiary alicyclic amines) is 1. The fourth-order valence-corrected chi connectivity index (χ4v) is 3.20. The van der Waals surface area contributed by atoms with Gasteiger partial charge in [0.25, 0.3) is 0 Å². The zero-order valence-electron chi connectivity index (χ0n) is 12.0. The number of amides is 1. The Balaban J connectivity index is 1.80. The maximum absolute atomic E-state index is 11.5. The summed E-state index contributed by atoms with van der Waals surface area (Å²) in [5.41, 5.74) is 1.18. The second-order valence-electron chi connectivity index (χ2n) is 5.55. The molecular formula is C14H22BrN3O2. The van der Waals surface area contributed by atoms with Gasteiger partial charge in [0.15, 0.2) is 0 Å². The number of β-amino-alcohol motifs (C(OH)–C–C–N with tert-alkyl or cyclic N) is 1. The van der Waals surface area contributed by atoms with Crippen LogP contribution in [0.3, 0.4) is 0 Å². The molecule has 5 nitrogen and oxygen atoms in total. The Hall–Kier alpha value is -0.850. The van der Waals surface area contributed by atoms with E-state index in [9.17, 15) is 9.90 Å². The van der Waals surface area contributed by atoms with Gasteiger partial charge in [-0.1, -0.05) is 0 Å². The molecule has 1 fully saturated rings. The first kappa shape index (κ1) is 15.5. The average Bonchev–Trinajstić information content (AvgIpc) is 2.86. The van der Waals surface area contributed by atoms with Gasteiger partial charge in [-0.15, -0.1) is 0 Å².